The normalized spacial score (nSPS) is 20.4. The highest BCUT2D eigenvalue weighted by Crippen LogP contribution is 2.31. The minimum absolute atomic E-state index is 0.279. The molecule has 1 atom stereocenters. The second kappa shape index (κ2) is 3.99. The third kappa shape index (κ3) is 1.66. The maximum absolute atomic E-state index is 5.70. The first-order chi connectivity index (χ1) is 7.84. The summed E-state index contributed by atoms with van der Waals surface area (Å²) in [6.45, 7) is 3.54. The molecule has 1 aliphatic rings. The van der Waals surface area contributed by atoms with Crippen LogP contribution in [0.25, 0.3) is 10.8 Å². The predicted molar refractivity (Wildman–Crippen MR) is 60.5 cm³/mol. The van der Waals surface area contributed by atoms with E-state index in [1.165, 1.54) is 5.56 Å². The third-order valence-corrected chi connectivity index (χ3v) is 3.78. The lowest BCUT2D eigenvalue weighted by Crippen LogP contribution is -1.97. The van der Waals surface area contributed by atoms with Crippen molar-refractivity contribution in [2.45, 2.75) is 19.3 Å². The molecule has 0 aliphatic carbocycles. The Hall–Kier alpha value is -1.20. The summed E-state index contributed by atoms with van der Waals surface area (Å²) in [7, 11) is 0. The third-order valence-electron chi connectivity index (χ3n) is 2.78. The standard InChI is InChI=1S/C11H12N2O2S/c1-7-3-5-16-9(7)11-13-12-10(15-11)8-2-4-14-6-8/h3,5,8H,2,4,6H2,1H3. The molecular weight excluding hydrogens is 224 g/mol. The average molecular weight is 236 g/mol. The quantitative estimate of drug-likeness (QED) is 0.804. The lowest BCUT2D eigenvalue weighted by Gasteiger charge is -1.98. The van der Waals surface area contributed by atoms with Crippen LogP contribution in [0, 0.1) is 6.92 Å². The zero-order valence-corrected chi connectivity index (χ0v) is 9.79. The van der Waals surface area contributed by atoms with Crippen LogP contribution in [0.4, 0.5) is 0 Å². The molecule has 3 rings (SSSR count). The number of hydrogen-bond donors (Lipinski definition) is 0. The van der Waals surface area contributed by atoms with Gasteiger partial charge < -0.3 is 9.15 Å². The summed E-state index contributed by atoms with van der Waals surface area (Å²) in [4.78, 5) is 1.07. The van der Waals surface area contributed by atoms with Crippen molar-refractivity contribution in [1.29, 1.82) is 0 Å². The first-order valence-electron chi connectivity index (χ1n) is 5.30. The van der Waals surface area contributed by atoms with Gasteiger partial charge in [0.25, 0.3) is 5.89 Å². The van der Waals surface area contributed by atoms with E-state index in [1.807, 2.05) is 12.3 Å². The van der Waals surface area contributed by atoms with E-state index in [9.17, 15) is 0 Å². The van der Waals surface area contributed by atoms with E-state index in [4.69, 9.17) is 9.15 Å². The summed E-state index contributed by atoms with van der Waals surface area (Å²) in [5, 5.41) is 10.2. The number of hydrogen-bond acceptors (Lipinski definition) is 5. The average Bonchev–Trinajstić information content (AvgIpc) is 2.96. The SMILES string of the molecule is Cc1ccsc1-c1nnc(C2CCOC2)o1. The molecule has 0 amide bonds. The van der Waals surface area contributed by atoms with Gasteiger partial charge in [0.15, 0.2) is 0 Å². The number of nitrogens with zero attached hydrogens (tertiary/aromatic N) is 2. The smallest absolute Gasteiger partial charge is 0.258 e. The zero-order valence-electron chi connectivity index (χ0n) is 8.97. The molecule has 1 unspecified atom stereocenters. The van der Waals surface area contributed by atoms with Crippen LogP contribution in [0.2, 0.25) is 0 Å². The van der Waals surface area contributed by atoms with Gasteiger partial charge in [0.1, 0.15) is 0 Å². The molecule has 84 valence electrons. The van der Waals surface area contributed by atoms with E-state index in [2.05, 4.69) is 16.3 Å². The minimum Gasteiger partial charge on any atom is -0.420 e. The van der Waals surface area contributed by atoms with Crippen LogP contribution in [0.3, 0.4) is 0 Å². The molecule has 0 radical (unpaired) electrons. The van der Waals surface area contributed by atoms with Crippen LogP contribution >= 0.6 is 11.3 Å². The number of thiophene rings is 1. The van der Waals surface area contributed by atoms with Crippen molar-refractivity contribution in [3.05, 3.63) is 22.9 Å². The van der Waals surface area contributed by atoms with Gasteiger partial charge in [-0.15, -0.1) is 21.5 Å². The second-order valence-corrected chi connectivity index (χ2v) is 4.85. The Balaban J connectivity index is 1.90. The fraction of sp³-hybridized carbons (Fsp3) is 0.455. The summed E-state index contributed by atoms with van der Waals surface area (Å²) in [5.74, 6) is 1.62. The number of ether oxygens (including phenoxy) is 1. The first-order valence-corrected chi connectivity index (χ1v) is 6.18. The highest BCUT2D eigenvalue weighted by molar-refractivity contribution is 7.13. The lowest BCUT2D eigenvalue weighted by atomic mass is 10.1. The van der Waals surface area contributed by atoms with E-state index in [0.29, 0.717) is 18.4 Å². The largest absolute Gasteiger partial charge is 0.420 e. The summed E-state index contributed by atoms with van der Waals surface area (Å²) >= 11 is 1.63. The molecule has 0 saturated carbocycles. The summed E-state index contributed by atoms with van der Waals surface area (Å²) in [5.41, 5.74) is 1.18. The molecule has 2 aromatic rings. The molecule has 1 fully saturated rings. The van der Waals surface area contributed by atoms with E-state index in [0.717, 1.165) is 17.9 Å². The van der Waals surface area contributed by atoms with Gasteiger partial charge >= 0.3 is 0 Å². The topological polar surface area (TPSA) is 48.2 Å². The Kier molecular flexibility index (Phi) is 2.49. The van der Waals surface area contributed by atoms with Crippen molar-refractivity contribution in [2.24, 2.45) is 0 Å². The van der Waals surface area contributed by atoms with Crippen LogP contribution < -0.4 is 0 Å². The van der Waals surface area contributed by atoms with Gasteiger partial charge in [-0.05, 0) is 30.4 Å². The van der Waals surface area contributed by atoms with E-state index in [1.54, 1.807) is 11.3 Å². The van der Waals surface area contributed by atoms with Gasteiger partial charge in [-0.1, -0.05) is 0 Å². The minimum atomic E-state index is 0.279. The Morgan fingerprint density at radius 1 is 1.44 bits per heavy atom. The molecule has 5 heteroatoms. The lowest BCUT2D eigenvalue weighted by molar-refractivity contribution is 0.191. The van der Waals surface area contributed by atoms with E-state index >= 15 is 0 Å². The highest BCUT2D eigenvalue weighted by Gasteiger charge is 2.24. The Labute approximate surface area is 97.3 Å². The van der Waals surface area contributed by atoms with Crippen molar-refractivity contribution < 1.29 is 9.15 Å². The Bertz CT molecular complexity index is 486. The van der Waals surface area contributed by atoms with E-state index < -0.39 is 0 Å². The predicted octanol–water partition coefficient (Wildman–Crippen LogP) is 2.61. The van der Waals surface area contributed by atoms with Gasteiger partial charge in [-0.25, -0.2) is 0 Å². The maximum atomic E-state index is 5.70. The molecule has 0 spiro atoms. The van der Waals surface area contributed by atoms with Crippen LogP contribution in [0.5, 0.6) is 0 Å². The van der Waals surface area contributed by atoms with Crippen LogP contribution in [0.15, 0.2) is 15.9 Å². The molecule has 0 N–H and O–H groups in total. The van der Waals surface area contributed by atoms with Gasteiger partial charge in [0.2, 0.25) is 5.89 Å². The molecule has 1 aliphatic heterocycles. The fourth-order valence-electron chi connectivity index (χ4n) is 1.81. The molecule has 16 heavy (non-hydrogen) atoms. The van der Waals surface area contributed by atoms with Gasteiger partial charge in [0.05, 0.1) is 17.4 Å². The van der Waals surface area contributed by atoms with Crippen molar-refractivity contribution >= 4 is 11.3 Å². The number of aromatic nitrogens is 2. The van der Waals surface area contributed by atoms with Crippen molar-refractivity contribution in [1.82, 2.24) is 10.2 Å². The van der Waals surface area contributed by atoms with Gasteiger partial charge in [-0.2, -0.15) is 0 Å². The Morgan fingerprint density at radius 2 is 2.38 bits per heavy atom. The Morgan fingerprint density at radius 3 is 3.06 bits per heavy atom. The van der Waals surface area contributed by atoms with Crippen LogP contribution in [-0.4, -0.2) is 23.4 Å². The van der Waals surface area contributed by atoms with Crippen LogP contribution in [-0.2, 0) is 4.74 Å². The maximum Gasteiger partial charge on any atom is 0.258 e. The number of rotatable bonds is 2. The van der Waals surface area contributed by atoms with Crippen molar-refractivity contribution in [3.63, 3.8) is 0 Å². The molecule has 3 heterocycles. The van der Waals surface area contributed by atoms with Gasteiger partial charge in [-0.3, -0.25) is 0 Å². The summed E-state index contributed by atoms with van der Waals surface area (Å²) < 4.78 is 11.0. The summed E-state index contributed by atoms with van der Waals surface area (Å²) in [6, 6.07) is 2.06. The molecule has 4 nitrogen and oxygen atoms in total. The molecule has 0 aromatic carbocycles. The van der Waals surface area contributed by atoms with Gasteiger partial charge in [0, 0.05) is 6.61 Å². The second-order valence-electron chi connectivity index (χ2n) is 3.94. The summed E-state index contributed by atoms with van der Waals surface area (Å²) in [6.07, 6.45) is 0.977. The van der Waals surface area contributed by atoms with E-state index in [-0.39, 0.29) is 5.92 Å². The van der Waals surface area contributed by atoms with Crippen LogP contribution in [0.1, 0.15) is 23.8 Å². The zero-order chi connectivity index (χ0) is 11.0. The first kappa shape index (κ1) is 9.99. The van der Waals surface area contributed by atoms with Crippen molar-refractivity contribution in [2.75, 3.05) is 13.2 Å². The molecular formula is C11H12N2O2S. The fourth-order valence-corrected chi connectivity index (χ4v) is 2.66. The molecule has 0 bridgehead atoms. The number of aryl methyl sites for hydroxylation is 1. The molecule has 1 saturated heterocycles. The van der Waals surface area contributed by atoms with Crippen molar-refractivity contribution in [3.8, 4) is 10.8 Å². The highest BCUT2D eigenvalue weighted by atomic mass is 32.1. The molecule has 2 aromatic heterocycles. The monoisotopic (exact) mass is 236 g/mol.